The highest BCUT2D eigenvalue weighted by Gasteiger charge is 2.29. The highest BCUT2D eigenvalue weighted by molar-refractivity contribution is 14.1. The van der Waals surface area contributed by atoms with Gasteiger partial charge in [-0.15, -0.1) is 0 Å². The predicted molar refractivity (Wildman–Crippen MR) is 155 cm³/mol. The first kappa shape index (κ1) is 26.3. The standard InChI is InChI=1S/C29H31FIN3O2S/c1-19-5-8-23(9-6-19)37(35,36)34-18-27(31)25-15-22(17-32-28(25)34)21-7-10-24(26(30)16-21)20-11-13-33(14-12-20)29(2,3)4/h5-10,15-18,20H,11-14H2,1-4H3. The zero-order valence-corrected chi connectivity index (χ0v) is 24.5. The lowest BCUT2D eigenvalue weighted by atomic mass is 9.86. The van der Waals surface area contributed by atoms with Gasteiger partial charge in [-0.2, -0.15) is 0 Å². The maximum absolute atomic E-state index is 15.3. The van der Waals surface area contributed by atoms with Gasteiger partial charge in [0.2, 0.25) is 0 Å². The number of pyridine rings is 1. The van der Waals surface area contributed by atoms with Crippen LogP contribution in [0, 0.1) is 16.3 Å². The molecule has 1 saturated heterocycles. The summed E-state index contributed by atoms with van der Waals surface area (Å²) >= 11 is 2.12. The SMILES string of the molecule is Cc1ccc(S(=O)(=O)n2cc(I)c3cc(-c4ccc(C5CCN(C(C)(C)C)CC5)c(F)c4)cnc32)cc1. The molecule has 8 heteroatoms. The second kappa shape index (κ2) is 9.78. The smallest absolute Gasteiger partial charge is 0.269 e. The van der Waals surface area contributed by atoms with Crippen LogP contribution in [0.1, 0.15) is 50.7 Å². The van der Waals surface area contributed by atoms with Gasteiger partial charge in [-0.3, -0.25) is 4.90 Å². The summed E-state index contributed by atoms with van der Waals surface area (Å²) in [5, 5.41) is 0.716. The lowest BCUT2D eigenvalue weighted by Crippen LogP contribution is -2.45. The molecule has 3 heterocycles. The lowest BCUT2D eigenvalue weighted by Gasteiger charge is -2.41. The van der Waals surface area contributed by atoms with Gasteiger partial charge in [0.1, 0.15) is 5.82 Å². The van der Waals surface area contributed by atoms with Crippen LogP contribution < -0.4 is 0 Å². The molecule has 0 saturated carbocycles. The number of halogens is 2. The molecule has 1 aliphatic heterocycles. The van der Waals surface area contributed by atoms with E-state index in [1.54, 1.807) is 42.7 Å². The zero-order chi connectivity index (χ0) is 26.5. The van der Waals surface area contributed by atoms with Crippen molar-refractivity contribution < 1.29 is 12.8 Å². The Hall–Kier alpha value is -2.30. The van der Waals surface area contributed by atoms with Crippen molar-refractivity contribution in [2.75, 3.05) is 13.1 Å². The molecule has 0 unspecified atom stereocenters. The molecule has 0 aliphatic carbocycles. The summed E-state index contributed by atoms with van der Waals surface area (Å²) in [6.45, 7) is 10.5. The first-order chi connectivity index (χ1) is 17.4. The van der Waals surface area contributed by atoms with E-state index in [1.807, 2.05) is 25.1 Å². The van der Waals surface area contributed by atoms with Crippen LogP contribution in [0.3, 0.4) is 0 Å². The minimum absolute atomic E-state index is 0.134. The third-order valence-corrected chi connectivity index (χ3v) is 9.88. The van der Waals surface area contributed by atoms with Gasteiger partial charge in [0.25, 0.3) is 10.0 Å². The van der Waals surface area contributed by atoms with Gasteiger partial charge in [0.15, 0.2) is 5.65 Å². The second-order valence-corrected chi connectivity index (χ2v) is 13.8. The van der Waals surface area contributed by atoms with Crippen molar-refractivity contribution in [2.45, 2.75) is 56.9 Å². The molecule has 5 rings (SSSR count). The van der Waals surface area contributed by atoms with Gasteiger partial charge in [0, 0.05) is 32.5 Å². The molecule has 0 bridgehead atoms. The van der Waals surface area contributed by atoms with Gasteiger partial charge in [0.05, 0.1) is 4.90 Å². The molecule has 0 spiro atoms. The first-order valence-corrected chi connectivity index (χ1v) is 15.0. The summed E-state index contributed by atoms with van der Waals surface area (Å²) in [6, 6.07) is 14.1. The van der Waals surface area contributed by atoms with E-state index in [9.17, 15) is 8.42 Å². The van der Waals surface area contributed by atoms with E-state index in [2.05, 4.69) is 53.2 Å². The number of piperidine rings is 1. The minimum Gasteiger partial charge on any atom is -0.298 e. The van der Waals surface area contributed by atoms with Crippen molar-refractivity contribution in [2.24, 2.45) is 0 Å². The first-order valence-electron chi connectivity index (χ1n) is 12.5. The fraction of sp³-hybridized carbons (Fsp3) is 0.345. The number of benzene rings is 2. The number of aromatic nitrogens is 2. The average molecular weight is 632 g/mol. The largest absolute Gasteiger partial charge is 0.298 e. The highest BCUT2D eigenvalue weighted by atomic mass is 127. The molecule has 37 heavy (non-hydrogen) atoms. The van der Waals surface area contributed by atoms with Crippen LogP contribution in [0.5, 0.6) is 0 Å². The number of rotatable bonds is 4. The average Bonchev–Trinajstić information content (AvgIpc) is 3.20. The van der Waals surface area contributed by atoms with E-state index in [0.717, 1.165) is 51.8 Å². The second-order valence-electron chi connectivity index (χ2n) is 10.9. The molecule has 0 N–H and O–H groups in total. The number of nitrogens with zero attached hydrogens (tertiary/aromatic N) is 3. The monoisotopic (exact) mass is 631 g/mol. The van der Waals surface area contributed by atoms with Crippen molar-refractivity contribution in [1.29, 1.82) is 0 Å². The normalized spacial score (nSPS) is 15.9. The number of likely N-dealkylation sites (tertiary alicyclic amines) is 1. The number of hydrogen-bond donors (Lipinski definition) is 0. The van der Waals surface area contributed by atoms with E-state index < -0.39 is 10.0 Å². The Balaban J connectivity index is 1.44. The summed E-state index contributed by atoms with van der Waals surface area (Å²) in [6.07, 6.45) is 5.10. The van der Waals surface area contributed by atoms with Crippen molar-refractivity contribution in [3.63, 3.8) is 0 Å². The third kappa shape index (κ3) is 5.07. The van der Waals surface area contributed by atoms with Crippen molar-refractivity contribution in [3.05, 3.63) is 81.4 Å². The van der Waals surface area contributed by atoms with Crippen LogP contribution in [-0.2, 0) is 10.0 Å². The van der Waals surface area contributed by atoms with Crippen LogP contribution in [0.4, 0.5) is 4.39 Å². The topological polar surface area (TPSA) is 55.2 Å². The number of hydrogen-bond acceptors (Lipinski definition) is 4. The van der Waals surface area contributed by atoms with E-state index in [-0.39, 0.29) is 22.2 Å². The Morgan fingerprint density at radius 2 is 1.68 bits per heavy atom. The summed E-state index contributed by atoms with van der Waals surface area (Å²) < 4.78 is 43.9. The third-order valence-electron chi connectivity index (χ3n) is 7.36. The lowest BCUT2D eigenvalue weighted by molar-refractivity contribution is 0.102. The van der Waals surface area contributed by atoms with Crippen molar-refractivity contribution in [1.82, 2.24) is 13.9 Å². The Morgan fingerprint density at radius 3 is 2.30 bits per heavy atom. The zero-order valence-electron chi connectivity index (χ0n) is 21.5. The van der Waals surface area contributed by atoms with Crippen molar-refractivity contribution in [3.8, 4) is 11.1 Å². The maximum Gasteiger partial charge on any atom is 0.269 e. The van der Waals surface area contributed by atoms with Gasteiger partial charge >= 0.3 is 0 Å². The van der Waals surface area contributed by atoms with E-state index in [4.69, 9.17) is 0 Å². The molecule has 0 atom stereocenters. The molecule has 0 radical (unpaired) electrons. The predicted octanol–water partition coefficient (Wildman–Crippen LogP) is 6.97. The molecular formula is C29H31FIN3O2S. The van der Waals surface area contributed by atoms with Crippen LogP contribution >= 0.6 is 22.6 Å². The van der Waals surface area contributed by atoms with Crippen LogP contribution in [0.15, 0.2) is 65.8 Å². The summed E-state index contributed by atoms with van der Waals surface area (Å²) in [5.74, 6) is 0.0243. The molecule has 194 valence electrons. The summed E-state index contributed by atoms with van der Waals surface area (Å²) in [5.41, 5.74) is 3.74. The molecule has 0 amide bonds. The Labute approximate surface area is 231 Å². The molecule has 1 aliphatic rings. The molecule has 5 nitrogen and oxygen atoms in total. The Morgan fingerprint density at radius 1 is 1.00 bits per heavy atom. The van der Waals surface area contributed by atoms with Gasteiger partial charge in [-0.1, -0.05) is 29.8 Å². The quantitative estimate of drug-likeness (QED) is 0.229. The number of fused-ring (bicyclic) bond motifs is 1. The van der Waals surface area contributed by atoms with Crippen LogP contribution in [0.25, 0.3) is 22.2 Å². The number of aryl methyl sites for hydroxylation is 1. The molecular weight excluding hydrogens is 600 g/mol. The molecule has 2 aromatic heterocycles. The fourth-order valence-corrected chi connectivity index (χ4v) is 7.30. The van der Waals surface area contributed by atoms with Gasteiger partial charge < -0.3 is 0 Å². The van der Waals surface area contributed by atoms with Gasteiger partial charge in [-0.05, 0) is 118 Å². The van der Waals surface area contributed by atoms with Gasteiger partial charge in [-0.25, -0.2) is 21.8 Å². The van der Waals surface area contributed by atoms with Crippen molar-refractivity contribution >= 4 is 43.6 Å². The molecule has 4 aromatic rings. The maximum atomic E-state index is 15.3. The fourth-order valence-electron chi connectivity index (χ4n) is 5.11. The molecule has 1 fully saturated rings. The van der Waals surface area contributed by atoms with Crippen LogP contribution in [0.2, 0.25) is 0 Å². The van der Waals surface area contributed by atoms with E-state index in [0.29, 0.717) is 11.0 Å². The Bertz CT molecular complexity index is 1570. The Kier molecular flexibility index (Phi) is 6.96. The van der Waals surface area contributed by atoms with E-state index >= 15 is 4.39 Å². The summed E-state index contributed by atoms with van der Waals surface area (Å²) in [7, 11) is -3.79. The minimum atomic E-state index is -3.79. The molecule has 2 aromatic carbocycles. The van der Waals surface area contributed by atoms with E-state index in [1.165, 1.54) is 3.97 Å². The van der Waals surface area contributed by atoms with Crippen LogP contribution in [-0.4, -0.2) is 40.9 Å². The highest BCUT2D eigenvalue weighted by Crippen LogP contribution is 2.35. The summed E-state index contributed by atoms with van der Waals surface area (Å²) in [4.78, 5) is 7.19.